The summed E-state index contributed by atoms with van der Waals surface area (Å²) in [5.74, 6) is 2.90. The minimum Gasteiger partial charge on any atom is -0.507 e. The highest BCUT2D eigenvalue weighted by atomic mass is 32.2. The lowest BCUT2D eigenvalue weighted by molar-refractivity contribution is -0.116. The molecule has 1 heterocycles. The third-order valence-corrected chi connectivity index (χ3v) is 12.2. The standard InChI is InChI=1S/C53H56N6O8S/c1-51(2,3)44-31-33(32-45(47(44)61)52(4,5)6)9-30-46(60)54-36-14-24-41(25-15-36)66-39-20-10-34(11-21-39)53(7,8)35-12-22-40(23-13-35)67-42-26-16-37(17-27-42)55-48-57-49(59-50(62)58-48)56-38-18-28-43(29-19-38)68(63,64)65/h10-29,31-32,61H,9,30H2,1-8H3,(H,54,60)(H,63,64,65)(H3,55,56,57,58,59,62). The monoisotopic (exact) mass is 936 g/mol. The van der Waals surface area contributed by atoms with Gasteiger partial charge in [-0.3, -0.25) is 14.3 Å². The zero-order chi connectivity index (χ0) is 49.0. The van der Waals surface area contributed by atoms with Crippen LogP contribution in [0, 0.1) is 0 Å². The summed E-state index contributed by atoms with van der Waals surface area (Å²) in [6, 6.07) is 39.6. The summed E-state index contributed by atoms with van der Waals surface area (Å²) in [6.07, 6.45) is 0.857. The molecule has 0 fully saturated rings. The van der Waals surface area contributed by atoms with Gasteiger partial charge in [-0.25, -0.2) is 4.79 Å². The molecule has 0 aliphatic heterocycles. The first-order valence-electron chi connectivity index (χ1n) is 22.0. The number of aromatic amines is 1. The number of nitrogens with one attached hydrogen (secondary N) is 4. The van der Waals surface area contributed by atoms with E-state index in [0.29, 0.717) is 58.7 Å². The van der Waals surface area contributed by atoms with E-state index >= 15 is 0 Å². The SMILES string of the molecule is CC(C)(C)c1cc(CCC(=O)Nc2ccc(Oc3ccc(C(C)(C)c4ccc(Oc5ccc(Nc6nc(Nc7ccc(S(=O)(=O)O)cc7)nc(=O)[nH]6)cc5)cc4)cc3)cc2)cc(C(C)(C)C)c1O. The molecular weight excluding hydrogens is 881 g/mol. The molecule has 0 bridgehead atoms. The van der Waals surface area contributed by atoms with Crippen molar-refractivity contribution < 1.29 is 32.3 Å². The molecule has 1 aromatic heterocycles. The van der Waals surface area contributed by atoms with E-state index < -0.39 is 15.8 Å². The van der Waals surface area contributed by atoms with Gasteiger partial charge in [0.1, 0.15) is 28.7 Å². The van der Waals surface area contributed by atoms with Crippen molar-refractivity contribution in [3.05, 3.63) is 172 Å². The molecule has 6 aromatic carbocycles. The summed E-state index contributed by atoms with van der Waals surface area (Å²) in [4.78, 5) is 35.6. The number of aromatic hydroxyl groups is 1. The van der Waals surface area contributed by atoms with Gasteiger partial charge in [-0.05, 0) is 142 Å². The van der Waals surface area contributed by atoms with Crippen molar-refractivity contribution in [1.29, 1.82) is 0 Å². The molecule has 0 saturated heterocycles. The number of hydrogen-bond acceptors (Lipinski definition) is 11. The summed E-state index contributed by atoms with van der Waals surface area (Å²) in [6.45, 7) is 16.8. The fourth-order valence-electron chi connectivity index (χ4n) is 7.47. The fraction of sp³-hybridized carbons (Fsp3) is 0.245. The lowest BCUT2D eigenvalue weighted by Gasteiger charge is -2.28. The maximum absolute atomic E-state index is 13.0. The Bertz CT molecular complexity index is 3030. The number of carbonyl (C=O) groups is 1. The van der Waals surface area contributed by atoms with Gasteiger partial charge < -0.3 is 30.5 Å². The van der Waals surface area contributed by atoms with E-state index in [2.05, 4.69) is 98.4 Å². The van der Waals surface area contributed by atoms with Crippen molar-refractivity contribution in [3.8, 4) is 28.7 Å². The molecular formula is C53H56N6O8S. The molecule has 7 rings (SSSR count). The Balaban J connectivity index is 0.897. The Morgan fingerprint density at radius 1 is 0.618 bits per heavy atom. The van der Waals surface area contributed by atoms with Crippen LogP contribution in [0.4, 0.5) is 29.0 Å². The van der Waals surface area contributed by atoms with Crippen molar-refractivity contribution in [1.82, 2.24) is 15.0 Å². The van der Waals surface area contributed by atoms with Crippen LogP contribution in [-0.2, 0) is 37.6 Å². The first kappa shape index (κ1) is 48.4. The summed E-state index contributed by atoms with van der Waals surface area (Å²) in [5, 5.41) is 19.9. The maximum Gasteiger partial charge on any atom is 0.351 e. The van der Waals surface area contributed by atoms with E-state index in [-0.39, 0.29) is 38.9 Å². The number of amides is 1. The summed E-state index contributed by atoms with van der Waals surface area (Å²) in [7, 11) is -4.34. The quantitative estimate of drug-likeness (QED) is 0.0531. The van der Waals surface area contributed by atoms with Gasteiger partial charge in [0.05, 0.1) is 4.90 Å². The second kappa shape index (κ2) is 19.4. The number of benzene rings is 6. The smallest absolute Gasteiger partial charge is 0.351 e. The van der Waals surface area contributed by atoms with E-state index in [1.165, 1.54) is 24.3 Å². The summed E-state index contributed by atoms with van der Waals surface area (Å²) in [5.41, 5.74) is 5.20. The Hall–Kier alpha value is -7.49. The fourth-order valence-corrected chi connectivity index (χ4v) is 7.95. The highest BCUT2D eigenvalue weighted by Gasteiger charge is 2.27. The molecule has 0 aliphatic rings. The molecule has 6 N–H and O–H groups in total. The molecule has 1 amide bonds. The number of phenols is 1. The van der Waals surface area contributed by atoms with Gasteiger partial charge in [-0.15, -0.1) is 0 Å². The van der Waals surface area contributed by atoms with Gasteiger partial charge in [0.25, 0.3) is 10.1 Å². The molecule has 0 unspecified atom stereocenters. The Morgan fingerprint density at radius 3 is 1.50 bits per heavy atom. The highest BCUT2D eigenvalue weighted by Crippen LogP contribution is 2.40. The summed E-state index contributed by atoms with van der Waals surface area (Å²) < 4.78 is 44.2. The van der Waals surface area contributed by atoms with E-state index in [1.807, 2.05) is 72.8 Å². The van der Waals surface area contributed by atoms with Crippen LogP contribution in [0.5, 0.6) is 28.7 Å². The average molecular weight is 937 g/mol. The molecule has 0 atom stereocenters. The first-order chi connectivity index (χ1) is 32.0. The number of anilines is 5. The van der Waals surface area contributed by atoms with E-state index in [0.717, 1.165) is 27.8 Å². The van der Waals surface area contributed by atoms with Crippen molar-refractivity contribution in [2.75, 3.05) is 16.0 Å². The van der Waals surface area contributed by atoms with Gasteiger partial charge in [0.15, 0.2) is 0 Å². The Labute approximate surface area is 396 Å². The molecule has 352 valence electrons. The lowest BCUT2D eigenvalue weighted by Crippen LogP contribution is -2.18. The van der Waals surface area contributed by atoms with Crippen LogP contribution in [0.25, 0.3) is 0 Å². The van der Waals surface area contributed by atoms with Gasteiger partial charge in [-0.2, -0.15) is 18.4 Å². The average Bonchev–Trinajstić information content (AvgIpc) is 3.26. The second-order valence-electron chi connectivity index (χ2n) is 19.1. The number of carbonyl (C=O) groups excluding carboxylic acids is 1. The van der Waals surface area contributed by atoms with Crippen LogP contribution < -0.4 is 31.1 Å². The second-order valence-corrected chi connectivity index (χ2v) is 20.5. The zero-order valence-electron chi connectivity index (χ0n) is 39.3. The number of nitrogens with zero attached hydrogens (tertiary/aromatic N) is 2. The van der Waals surface area contributed by atoms with Crippen molar-refractivity contribution in [2.24, 2.45) is 0 Å². The number of aryl methyl sites for hydroxylation is 1. The topological polar surface area (TPSA) is 205 Å². The van der Waals surface area contributed by atoms with Crippen LogP contribution in [0.2, 0.25) is 0 Å². The van der Waals surface area contributed by atoms with Gasteiger partial charge in [-0.1, -0.05) is 91.8 Å². The maximum atomic E-state index is 13.0. The predicted octanol–water partition coefficient (Wildman–Crippen LogP) is 11.7. The molecule has 0 aliphatic carbocycles. The summed E-state index contributed by atoms with van der Waals surface area (Å²) >= 11 is 0. The minimum absolute atomic E-state index is 0.0268. The zero-order valence-corrected chi connectivity index (χ0v) is 40.1. The Kier molecular flexibility index (Phi) is 13.8. The van der Waals surface area contributed by atoms with E-state index in [4.69, 9.17) is 9.47 Å². The largest absolute Gasteiger partial charge is 0.507 e. The number of H-pyrrole nitrogens is 1. The highest BCUT2D eigenvalue weighted by molar-refractivity contribution is 7.85. The van der Waals surface area contributed by atoms with Crippen molar-refractivity contribution in [2.45, 2.75) is 89.4 Å². The minimum atomic E-state index is -4.34. The number of ether oxygens (including phenoxy) is 2. The third-order valence-electron chi connectivity index (χ3n) is 11.4. The molecule has 0 spiro atoms. The third kappa shape index (κ3) is 12.3. The van der Waals surface area contributed by atoms with Crippen molar-refractivity contribution >= 4 is 45.0 Å². The van der Waals surface area contributed by atoms with Crippen LogP contribution >= 0.6 is 0 Å². The van der Waals surface area contributed by atoms with Crippen LogP contribution in [0.1, 0.15) is 89.6 Å². The van der Waals surface area contributed by atoms with Crippen LogP contribution in [0.15, 0.2) is 143 Å². The molecule has 14 nitrogen and oxygen atoms in total. The van der Waals surface area contributed by atoms with Crippen LogP contribution in [-0.4, -0.2) is 38.9 Å². The molecule has 7 aromatic rings. The molecule has 68 heavy (non-hydrogen) atoms. The lowest BCUT2D eigenvalue weighted by atomic mass is 9.78. The number of aromatic nitrogens is 3. The van der Waals surface area contributed by atoms with Gasteiger partial charge in [0.2, 0.25) is 17.8 Å². The van der Waals surface area contributed by atoms with Crippen LogP contribution in [0.3, 0.4) is 0 Å². The van der Waals surface area contributed by atoms with E-state index in [1.54, 1.807) is 24.3 Å². The predicted molar refractivity (Wildman–Crippen MR) is 266 cm³/mol. The van der Waals surface area contributed by atoms with Gasteiger partial charge in [0, 0.05) is 28.9 Å². The number of rotatable bonds is 15. The molecule has 15 heteroatoms. The Morgan fingerprint density at radius 2 is 1.04 bits per heavy atom. The molecule has 0 saturated carbocycles. The number of hydrogen-bond donors (Lipinski definition) is 6. The first-order valence-corrected chi connectivity index (χ1v) is 23.5. The van der Waals surface area contributed by atoms with Crippen molar-refractivity contribution in [3.63, 3.8) is 0 Å². The molecule has 0 radical (unpaired) electrons. The van der Waals surface area contributed by atoms with E-state index in [9.17, 15) is 27.7 Å². The normalized spacial score (nSPS) is 12.0. The number of phenolic OH excluding ortho intramolecular Hbond substituents is 1. The van der Waals surface area contributed by atoms with Gasteiger partial charge >= 0.3 is 5.69 Å².